The maximum Gasteiger partial charge on any atom is 0.263 e. The average molecular weight is 433 g/mol. The fourth-order valence-electron chi connectivity index (χ4n) is 3.59. The number of benzene rings is 3. The van der Waals surface area contributed by atoms with Crippen LogP contribution < -0.4 is 15.0 Å². The van der Waals surface area contributed by atoms with Crippen molar-refractivity contribution in [3.8, 4) is 5.75 Å². The molecule has 2 amide bonds. The van der Waals surface area contributed by atoms with Gasteiger partial charge in [-0.2, -0.15) is 0 Å². The van der Waals surface area contributed by atoms with E-state index in [9.17, 15) is 9.59 Å². The van der Waals surface area contributed by atoms with Crippen molar-refractivity contribution in [2.45, 2.75) is 0 Å². The van der Waals surface area contributed by atoms with E-state index in [0.717, 1.165) is 16.3 Å². The maximum atomic E-state index is 13.3. The summed E-state index contributed by atoms with van der Waals surface area (Å²) in [6.07, 6.45) is 1.77. The van der Waals surface area contributed by atoms with E-state index in [1.807, 2.05) is 60.7 Å². The molecule has 2 heterocycles. The van der Waals surface area contributed by atoms with E-state index in [0.29, 0.717) is 39.4 Å². The van der Waals surface area contributed by atoms with E-state index in [-0.39, 0.29) is 11.8 Å². The molecule has 0 aliphatic carbocycles. The molecule has 30 heavy (non-hydrogen) atoms. The Morgan fingerprint density at radius 3 is 2.73 bits per heavy atom. The topological polar surface area (TPSA) is 58.6 Å². The van der Waals surface area contributed by atoms with Crippen molar-refractivity contribution >= 4 is 62.7 Å². The molecule has 148 valence electrons. The van der Waals surface area contributed by atoms with Crippen LogP contribution in [0.25, 0.3) is 16.8 Å². The van der Waals surface area contributed by atoms with Crippen LogP contribution in [0.15, 0.2) is 65.6 Å². The van der Waals surface area contributed by atoms with Crippen molar-refractivity contribution in [1.82, 2.24) is 5.32 Å². The van der Waals surface area contributed by atoms with Crippen LogP contribution in [-0.4, -0.2) is 29.3 Å². The number of hydrogen-bond acceptors (Lipinski definition) is 5. The molecule has 5 rings (SSSR count). The molecule has 1 saturated heterocycles. The average Bonchev–Trinajstić information content (AvgIpc) is 3.09. The number of nitrogens with zero attached hydrogens (tertiary/aromatic N) is 1. The van der Waals surface area contributed by atoms with Gasteiger partial charge >= 0.3 is 0 Å². The zero-order valence-electron chi connectivity index (χ0n) is 15.8. The van der Waals surface area contributed by atoms with Gasteiger partial charge in [0.1, 0.15) is 16.7 Å². The minimum atomic E-state index is -0.205. The number of hydrogen-bond donors (Lipinski definition) is 1. The molecule has 3 aromatic rings. The van der Waals surface area contributed by atoms with Crippen LogP contribution >= 0.6 is 24.0 Å². The SMILES string of the molecule is O=C1NC(=S)S/C1=C\c1ccc2c(c1)N(C(=O)c1ccc3ccccc3c1)CCO2. The third-order valence-electron chi connectivity index (χ3n) is 5.03. The first-order valence-corrected chi connectivity index (χ1v) is 10.6. The molecule has 0 unspecified atom stereocenters. The van der Waals surface area contributed by atoms with E-state index in [1.165, 1.54) is 11.8 Å². The highest BCUT2D eigenvalue weighted by atomic mass is 32.2. The van der Waals surface area contributed by atoms with Crippen molar-refractivity contribution in [2.24, 2.45) is 0 Å². The number of anilines is 1. The van der Waals surface area contributed by atoms with E-state index in [4.69, 9.17) is 17.0 Å². The number of carbonyl (C=O) groups excluding carboxylic acids is 2. The van der Waals surface area contributed by atoms with Gasteiger partial charge in [-0.05, 0) is 46.7 Å². The minimum Gasteiger partial charge on any atom is -0.490 e. The molecule has 2 aliphatic heterocycles. The molecule has 0 atom stereocenters. The summed E-state index contributed by atoms with van der Waals surface area (Å²) in [6, 6.07) is 19.3. The van der Waals surface area contributed by atoms with E-state index >= 15 is 0 Å². The maximum absolute atomic E-state index is 13.3. The molecule has 3 aromatic carbocycles. The Morgan fingerprint density at radius 1 is 1.10 bits per heavy atom. The minimum absolute atomic E-state index is 0.0794. The Kier molecular flexibility index (Phi) is 4.77. The molecule has 5 nitrogen and oxygen atoms in total. The largest absolute Gasteiger partial charge is 0.490 e. The summed E-state index contributed by atoms with van der Waals surface area (Å²) < 4.78 is 6.20. The van der Waals surface area contributed by atoms with Crippen LogP contribution in [0.1, 0.15) is 15.9 Å². The summed E-state index contributed by atoms with van der Waals surface area (Å²) in [4.78, 5) is 27.6. The fraction of sp³-hybridized carbons (Fsp3) is 0.0870. The predicted molar refractivity (Wildman–Crippen MR) is 124 cm³/mol. The van der Waals surface area contributed by atoms with Crippen molar-refractivity contribution < 1.29 is 14.3 Å². The summed E-state index contributed by atoms with van der Waals surface area (Å²) in [5, 5.41) is 4.73. The van der Waals surface area contributed by atoms with Crippen LogP contribution in [0.2, 0.25) is 0 Å². The number of nitrogens with one attached hydrogen (secondary N) is 1. The number of thioether (sulfide) groups is 1. The van der Waals surface area contributed by atoms with Gasteiger partial charge in [0.25, 0.3) is 11.8 Å². The first-order chi connectivity index (χ1) is 14.6. The van der Waals surface area contributed by atoms with Crippen LogP contribution in [-0.2, 0) is 4.79 Å². The van der Waals surface area contributed by atoms with Gasteiger partial charge in [0, 0.05) is 5.56 Å². The second kappa shape index (κ2) is 7.59. The van der Waals surface area contributed by atoms with Crippen LogP contribution in [0.5, 0.6) is 5.75 Å². The number of thiocarbonyl (C=S) groups is 1. The molecular weight excluding hydrogens is 416 g/mol. The highest BCUT2D eigenvalue weighted by Crippen LogP contribution is 2.35. The Morgan fingerprint density at radius 2 is 1.93 bits per heavy atom. The van der Waals surface area contributed by atoms with Gasteiger partial charge in [0.2, 0.25) is 0 Å². The van der Waals surface area contributed by atoms with E-state index < -0.39 is 0 Å². The lowest BCUT2D eigenvalue weighted by molar-refractivity contribution is -0.115. The monoisotopic (exact) mass is 432 g/mol. The molecule has 0 aromatic heterocycles. The molecule has 2 aliphatic rings. The van der Waals surface area contributed by atoms with Crippen molar-refractivity contribution in [3.05, 3.63) is 76.7 Å². The van der Waals surface area contributed by atoms with Crippen molar-refractivity contribution in [3.63, 3.8) is 0 Å². The lowest BCUT2D eigenvalue weighted by Gasteiger charge is -2.30. The highest BCUT2D eigenvalue weighted by Gasteiger charge is 2.26. The molecule has 0 bridgehead atoms. The lowest BCUT2D eigenvalue weighted by Crippen LogP contribution is -2.38. The second-order valence-electron chi connectivity index (χ2n) is 6.95. The summed E-state index contributed by atoms with van der Waals surface area (Å²) >= 11 is 6.28. The Bertz CT molecular complexity index is 1250. The number of fused-ring (bicyclic) bond motifs is 2. The molecule has 0 radical (unpaired) electrons. The van der Waals surface area contributed by atoms with Gasteiger partial charge in [-0.1, -0.05) is 60.4 Å². The molecule has 1 fully saturated rings. The van der Waals surface area contributed by atoms with Crippen LogP contribution in [0.4, 0.5) is 5.69 Å². The van der Waals surface area contributed by atoms with Crippen LogP contribution in [0, 0.1) is 0 Å². The predicted octanol–water partition coefficient (Wildman–Crippen LogP) is 4.37. The molecular formula is C23H16N2O3S2. The first-order valence-electron chi connectivity index (χ1n) is 9.41. The standard InChI is InChI=1S/C23H16N2O3S2/c26-21-20(30-23(29)24-21)12-14-5-8-19-18(11-14)25(9-10-28-19)22(27)17-7-6-15-3-1-2-4-16(15)13-17/h1-8,11-13H,9-10H2,(H,24,26,29)/b20-12-. The number of carbonyl (C=O) groups is 2. The van der Waals surface area contributed by atoms with Gasteiger partial charge in [-0.15, -0.1) is 0 Å². The third-order valence-corrected chi connectivity index (χ3v) is 6.19. The first kappa shape index (κ1) is 18.8. The second-order valence-corrected chi connectivity index (χ2v) is 8.67. The molecule has 0 saturated carbocycles. The smallest absolute Gasteiger partial charge is 0.263 e. The fourth-order valence-corrected chi connectivity index (χ4v) is 4.63. The highest BCUT2D eigenvalue weighted by molar-refractivity contribution is 8.26. The van der Waals surface area contributed by atoms with Gasteiger partial charge in [0.05, 0.1) is 17.1 Å². The quantitative estimate of drug-likeness (QED) is 0.481. The summed E-state index contributed by atoms with van der Waals surface area (Å²) in [7, 11) is 0. The van der Waals surface area contributed by atoms with E-state index in [1.54, 1.807) is 11.0 Å². The number of rotatable bonds is 2. The summed E-state index contributed by atoms with van der Waals surface area (Å²) in [6.45, 7) is 0.886. The zero-order valence-corrected chi connectivity index (χ0v) is 17.4. The van der Waals surface area contributed by atoms with Gasteiger partial charge in [-0.25, -0.2) is 0 Å². The Labute approximate surface area is 182 Å². The van der Waals surface area contributed by atoms with Crippen molar-refractivity contribution in [2.75, 3.05) is 18.1 Å². The van der Waals surface area contributed by atoms with Gasteiger partial charge in [0.15, 0.2) is 0 Å². The zero-order chi connectivity index (χ0) is 20.7. The normalized spacial score (nSPS) is 17.1. The van der Waals surface area contributed by atoms with Gasteiger partial charge in [-0.3, -0.25) is 9.59 Å². The number of amides is 2. The van der Waals surface area contributed by atoms with Crippen molar-refractivity contribution in [1.29, 1.82) is 0 Å². The summed E-state index contributed by atoms with van der Waals surface area (Å²) in [5.41, 5.74) is 2.12. The Balaban J connectivity index is 1.50. The number of ether oxygens (including phenoxy) is 1. The Hall–Kier alpha value is -3.16. The molecule has 7 heteroatoms. The van der Waals surface area contributed by atoms with Crippen LogP contribution in [0.3, 0.4) is 0 Å². The third kappa shape index (κ3) is 3.46. The summed E-state index contributed by atoms with van der Waals surface area (Å²) in [5.74, 6) is 0.365. The molecule has 1 N–H and O–H groups in total. The molecule has 0 spiro atoms. The van der Waals surface area contributed by atoms with E-state index in [2.05, 4.69) is 5.32 Å². The lowest BCUT2D eigenvalue weighted by atomic mass is 10.1. The van der Waals surface area contributed by atoms with Gasteiger partial charge < -0.3 is 15.0 Å².